The zero-order valence-corrected chi connectivity index (χ0v) is 76.1. The average molecular weight is 1870 g/mol. The van der Waals surface area contributed by atoms with Crippen LogP contribution < -0.4 is 80.2 Å². The van der Waals surface area contributed by atoms with Crippen molar-refractivity contribution in [2.75, 3.05) is 77.5 Å². The number of hydrogen-bond donors (Lipinski definition) is 21. The Hall–Kier alpha value is -12.2. The molecule has 22 N–H and O–H groups in total. The second-order valence-corrected chi connectivity index (χ2v) is 34.9. The van der Waals surface area contributed by atoms with Crippen LogP contribution in [0.1, 0.15) is 130 Å². The van der Waals surface area contributed by atoms with Crippen LogP contribution in [0.2, 0.25) is 0 Å². The Labute approximate surface area is 764 Å². The van der Waals surface area contributed by atoms with Gasteiger partial charge in [0.25, 0.3) is 0 Å². The quantitative estimate of drug-likeness (QED) is 0.0115. The summed E-state index contributed by atoms with van der Waals surface area (Å²) >= 11 is 0. The zero-order valence-electron chi connectivity index (χ0n) is 74.5. The molecule has 718 valence electrons. The molecule has 13 atom stereocenters. The van der Waals surface area contributed by atoms with Crippen molar-refractivity contribution in [3.63, 3.8) is 0 Å². The molecule has 131 heavy (non-hydrogen) atoms. The molecule has 1 fully saturated rings. The summed E-state index contributed by atoms with van der Waals surface area (Å²) in [4.78, 5) is 253. The van der Waals surface area contributed by atoms with Crippen LogP contribution in [0.5, 0.6) is 0 Å². The first kappa shape index (κ1) is 108. The number of aliphatic hydroxyl groups excluding tert-OH is 1. The lowest BCUT2D eigenvalue weighted by molar-refractivity contribution is -0.141. The van der Waals surface area contributed by atoms with Crippen LogP contribution in [0.15, 0.2) is 73.4 Å². The van der Waals surface area contributed by atoms with Crippen LogP contribution in [-0.2, 0) is 120 Å². The number of unbranched alkanes of at least 4 members (excludes halogenated alkanes) is 1. The number of primary amides is 1. The maximum Gasteiger partial charge on any atom is 0.305 e. The van der Waals surface area contributed by atoms with Gasteiger partial charge in [0.05, 0.1) is 78.3 Å². The molecular weight excluding hydrogens is 1750 g/mol. The van der Waals surface area contributed by atoms with Crippen molar-refractivity contribution >= 4 is 144 Å². The van der Waals surface area contributed by atoms with E-state index in [4.69, 9.17) is 31.1 Å². The number of amides is 15. The van der Waals surface area contributed by atoms with Crippen LogP contribution >= 0.6 is 21.6 Å². The lowest BCUT2D eigenvalue weighted by Gasteiger charge is -2.29. The van der Waals surface area contributed by atoms with E-state index < -0.39 is 223 Å². The standard InChI is InChI=1S/C86H123N19O24S2/c1-10-11-12-21-68(107)89-25-27-127-29-31-129-33-32-128-30-28-126-26-24-69(108)96-65(39-72(112)113)82(121)102-66-44-130-131-45-67(85(124)105-74(51(9)106)75(87)114)103-80(119)63(37-53-41-91-58-20-16-14-18-56(53)58)101-86(125)73(49(6)7)104-83(122)61(35-48(4)5)99-78(117)59(22-23-71(110)111)95-70(109)43-92-77(116)60(34-47(2)3)98-81(120)64(38-54-42-88-46-93-54)100-79(118)62(97-76(115)50(8)94-84(66)123)36-52-40-90-57-19-15-13-17-55(52)57/h1,13-20,40-42,46-51,59-67,73-74,90-91,106H,11-12,21-39,43-45H2,2-9H3,(H2,87,114)(H,88,93)(H,89,107)(H,92,116)(H,94,123)(H,95,109)(H,96,108)(H,97,115)(H,98,120)(H,99,117)(H,100,118)(H,101,125)(H,102,121)(H,103,119)(H,104,122)(H,105,124)(H,110,111)(H,112,113)/t50-,51+,59-,60-,61-,62-,63-,64-,65-,66-,67-,73-,74-/m0/s1. The molecule has 0 spiro atoms. The molecule has 1 aliphatic heterocycles. The molecule has 0 radical (unpaired) electrons. The van der Waals surface area contributed by atoms with Crippen molar-refractivity contribution in [2.24, 2.45) is 23.5 Å². The van der Waals surface area contributed by atoms with Crippen LogP contribution in [0.4, 0.5) is 0 Å². The van der Waals surface area contributed by atoms with E-state index in [1.54, 1.807) is 102 Å². The van der Waals surface area contributed by atoms with Gasteiger partial charge in [0.15, 0.2) is 0 Å². The number of fused-ring (bicyclic) bond motifs is 2. The fourth-order valence-corrected chi connectivity index (χ4v) is 15.7. The highest BCUT2D eigenvalue weighted by molar-refractivity contribution is 8.76. The van der Waals surface area contributed by atoms with E-state index in [1.165, 1.54) is 19.4 Å². The van der Waals surface area contributed by atoms with Gasteiger partial charge in [0, 0.05) is 109 Å². The van der Waals surface area contributed by atoms with Gasteiger partial charge in [-0.3, -0.25) is 81.5 Å². The third kappa shape index (κ3) is 38.4. The molecule has 15 amide bonds. The predicted molar refractivity (Wildman–Crippen MR) is 480 cm³/mol. The van der Waals surface area contributed by atoms with Gasteiger partial charge in [-0.15, -0.1) is 12.3 Å². The van der Waals surface area contributed by atoms with Crippen molar-refractivity contribution in [2.45, 2.75) is 211 Å². The second-order valence-electron chi connectivity index (χ2n) is 32.3. The van der Waals surface area contributed by atoms with Crippen LogP contribution in [0.25, 0.3) is 21.8 Å². The molecular formula is C86H123N19O24S2. The number of para-hydroxylation sites is 2. The van der Waals surface area contributed by atoms with E-state index in [9.17, 15) is 77.6 Å². The Morgan fingerprint density at radius 1 is 0.557 bits per heavy atom. The zero-order chi connectivity index (χ0) is 96.2. The molecule has 0 aliphatic carbocycles. The van der Waals surface area contributed by atoms with Gasteiger partial charge in [-0.25, -0.2) is 4.98 Å². The molecule has 5 aromatic rings. The van der Waals surface area contributed by atoms with Gasteiger partial charge in [0.1, 0.15) is 72.5 Å². The highest BCUT2D eigenvalue weighted by Gasteiger charge is 2.39. The van der Waals surface area contributed by atoms with Crippen molar-refractivity contribution < 1.29 is 116 Å². The maximum absolute atomic E-state index is 15.3. The minimum Gasteiger partial charge on any atom is -0.481 e. The number of H-pyrrole nitrogens is 3. The summed E-state index contributed by atoms with van der Waals surface area (Å²) in [5.74, 6) is -17.8. The van der Waals surface area contributed by atoms with Crippen LogP contribution in [0.3, 0.4) is 0 Å². The monoisotopic (exact) mass is 1870 g/mol. The fraction of sp³-hybridized carbons (Fsp3) is 0.558. The Bertz CT molecular complexity index is 4710. The topological polar surface area (TPSA) is 642 Å². The van der Waals surface area contributed by atoms with Gasteiger partial charge in [-0.2, -0.15) is 0 Å². The molecule has 1 saturated heterocycles. The lowest BCUT2D eigenvalue weighted by atomic mass is 9.98. The van der Waals surface area contributed by atoms with E-state index in [0.717, 1.165) is 28.5 Å². The number of nitrogens with one attached hydrogen (secondary N) is 17. The van der Waals surface area contributed by atoms with Gasteiger partial charge in [-0.1, -0.05) is 99.5 Å². The van der Waals surface area contributed by atoms with E-state index in [2.05, 4.69) is 100 Å². The fourth-order valence-electron chi connectivity index (χ4n) is 13.4. The molecule has 6 rings (SSSR count). The number of hydrogen-bond acceptors (Lipinski definition) is 25. The number of terminal acetylenes is 1. The van der Waals surface area contributed by atoms with Crippen LogP contribution in [-0.4, -0.2) is 292 Å². The average Bonchev–Trinajstić information content (AvgIpc) is 1.61. The summed E-state index contributed by atoms with van der Waals surface area (Å²) in [5, 5.41) is 67.7. The number of carboxylic acid groups (broad SMARTS) is 2. The number of carbonyl (C=O) groups excluding carboxylic acids is 15. The first-order chi connectivity index (χ1) is 62.4. The lowest BCUT2D eigenvalue weighted by Crippen LogP contribution is -2.61. The molecule has 43 nitrogen and oxygen atoms in total. The molecule has 45 heteroatoms. The van der Waals surface area contributed by atoms with E-state index in [-0.39, 0.29) is 103 Å². The number of aromatic nitrogens is 4. The maximum atomic E-state index is 15.3. The molecule has 0 bridgehead atoms. The Kier molecular flexibility index (Phi) is 46.3. The summed E-state index contributed by atoms with van der Waals surface area (Å²) in [6.07, 6.45) is 6.98. The second kappa shape index (κ2) is 56.4. The molecule has 2 aromatic carbocycles. The first-order valence-corrected chi connectivity index (χ1v) is 45.5. The summed E-state index contributed by atoms with van der Waals surface area (Å²) in [5.41, 5.74) is 8.08. The number of aliphatic carboxylic acids is 2. The van der Waals surface area contributed by atoms with Crippen LogP contribution in [0, 0.1) is 30.1 Å². The summed E-state index contributed by atoms with van der Waals surface area (Å²) in [6, 6.07) is -6.13. The molecule has 0 saturated carbocycles. The SMILES string of the molecule is C#CCCCC(=O)NCCOCCOCCOCCOCCC(=O)N[C@@H](CC(=O)O)C(=O)N[C@H]1CSSC[C@@H](C(=O)N[C@H](C(N)=O)[C@@H](C)O)NC(=O)[C@H](Cc2c[nH]c3ccccc23)NC(=O)[C@H](C(C)C)NC(=O)[C@H](CC(C)C)NC(=O)[C@H](CCC(=O)O)NC(=O)CNC(=O)[C@H](CC(C)C)NC(=O)[C@H](Cc2cnc[nH]2)NC(=O)[C@H](Cc2c[nH]c3ccccc23)NC(=O)[C@H](C)NC1=O. The Balaban J connectivity index is 1.37. The number of aromatic amines is 3. The summed E-state index contributed by atoms with van der Waals surface area (Å²) < 4.78 is 22.1. The van der Waals surface area contributed by atoms with Gasteiger partial charge in [0.2, 0.25) is 88.6 Å². The number of imidazole rings is 1. The number of nitrogens with zero attached hydrogens (tertiary/aromatic N) is 1. The van der Waals surface area contributed by atoms with E-state index in [0.29, 0.717) is 64.4 Å². The number of ether oxygens (including phenoxy) is 4. The van der Waals surface area contributed by atoms with E-state index >= 15 is 19.2 Å². The third-order valence-corrected chi connectivity index (χ3v) is 22.7. The summed E-state index contributed by atoms with van der Waals surface area (Å²) in [6.45, 7) is 12.8. The number of carbonyl (C=O) groups is 17. The molecule has 3 aromatic heterocycles. The van der Waals surface area contributed by atoms with Crippen molar-refractivity contribution in [1.82, 2.24) is 94.4 Å². The van der Waals surface area contributed by atoms with Crippen molar-refractivity contribution in [1.29, 1.82) is 0 Å². The third-order valence-electron chi connectivity index (χ3n) is 20.3. The highest BCUT2D eigenvalue weighted by atomic mass is 33.1. The van der Waals surface area contributed by atoms with Gasteiger partial charge in [-0.05, 0) is 80.5 Å². The first-order valence-electron chi connectivity index (χ1n) is 43.1. The van der Waals surface area contributed by atoms with E-state index in [1.807, 2.05) is 0 Å². The minimum absolute atomic E-state index is 0.00511. The number of benzene rings is 2. The highest BCUT2D eigenvalue weighted by Crippen LogP contribution is 2.26. The Morgan fingerprint density at radius 3 is 1.62 bits per heavy atom. The molecule has 4 heterocycles. The number of aliphatic hydroxyl groups is 1. The van der Waals surface area contributed by atoms with Crippen molar-refractivity contribution in [3.8, 4) is 12.3 Å². The normalized spacial score (nSPS) is 21.0. The molecule has 1 aliphatic rings. The predicted octanol–water partition coefficient (Wildman–Crippen LogP) is -1.92. The number of nitrogens with two attached hydrogens (primary N) is 1. The minimum atomic E-state index is -1.90. The van der Waals surface area contributed by atoms with Gasteiger partial charge < -0.3 is 129 Å². The van der Waals surface area contributed by atoms with Crippen molar-refractivity contribution in [3.05, 3.63) is 90.3 Å². The number of rotatable bonds is 41. The number of carboxylic acids is 2. The Morgan fingerprint density at radius 2 is 1.08 bits per heavy atom. The largest absolute Gasteiger partial charge is 0.481 e. The molecule has 0 unspecified atom stereocenters. The summed E-state index contributed by atoms with van der Waals surface area (Å²) in [7, 11) is 1.50. The smallest absolute Gasteiger partial charge is 0.305 e. The van der Waals surface area contributed by atoms with Gasteiger partial charge >= 0.3 is 11.9 Å².